The lowest BCUT2D eigenvalue weighted by Gasteiger charge is -2.20. The summed E-state index contributed by atoms with van der Waals surface area (Å²) in [5, 5.41) is 0.487. The van der Waals surface area contributed by atoms with Crippen LogP contribution in [-0.4, -0.2) is 42.2 Å². The van der Waals surface area contributed by atoms with Crippen molar-refractivity contribution in [2.75, 3.05) is 20.2 Å². The van der Waals surface area contributed by atoms with Crippen molar-refractivity contribution in [1.29, 1.82) is 0 Å². The number of benzene rings is 1. The van der Waals surface area contributed by atoms with Gasteiger partial charge in [0.15, 0.2) is 0 Å². The van der Waals surface area contributed by atoms with E-state index in [0.29, 0.717) is 24.5 Å². The lowest BCUT2D eigenvalue weighted by molar-refractivity contribution is -0.145. The molecule has 1 aromatic carbocycles. The van der Waals surface area contributed by atoms with Gasteiger partial charge >= 0.3 is 5.97 Å². The molecule has 1 fully saturated rings. The molecule has 2 atom stereocenters. The van der Waals surface area contributed by atoms with Crippen molar-refractivity contribution < 1.29 is 14.3 Å². The number of carbonyl (C=O) groups is 2. The predicted octanol–water partition coefficient (Wildman–Crippen LogP) is 2.84. The topological polar surface area (TPSA) is 46.6 Å². The van der Waals surface area contributed by atoms with Gasteiger partial charge in [0.2, 0.25) is 5.91 Å². The number of hydrogen-bond acceptors (Lipinski definition) is 4. The number of hydrogen-bond donors (Lipinski definition) is 0. The van der Waals surface area contributed by atoms with Gasteiger partial charge in [-0.25, -0.2) is 0 Å². The molecule has 1 aliphatic heterocycles. The smallest absolute Gasteiger partial charge is 0.310 e. The van der Waals surface area contributed by atoms with Gasteiger partial charge in [-0.1, -0.05) is 11.6 Å². The Kier molecular flexibility index (Phi) is 5.53. The molecule has 21 heavy (non-hydrogen) atoms. The molecule has 114 valence electrons. The Morgan fingerprint density at radius 1 is 1.38 bits per heavy atom. The molecule has 0 saturated carbocycles. The number of nitrogens with zero attached hydrogens (tertiary/aromatic N) is 1. The molecule has 0 N–H and O–H groups in total. The van der Waals surface area contributed by atoms with E-state index in [1.807, 2.05) is 31.2 Å². The fourth-order valence-electron chi connectivity index (χ4n) is 2.34. The zero-order valence-electron chi connectivity index (χ0n) is 12.0. The fraction of sp³-hybridized carbons (Fsp3) is 0.467. The summed E-state index contributed by atoms with van der Waals surface area (Å²) < 4.78 is 4.73. The van der Waals surface area contributed by atoms with Gasteiger partial charge in [-0.2, -0.15) is 0 Å². The standard InChI is InChI=1S/C15H18ClNO3S/c1-10(21-13-5-3-12(16)4-6-13)14(18)17-8-7-11(9-17)15(19)20-2/h3-6,10-11H,7-9H2,1-2H3. The molecule has 0 spiro atoms. The van der Waals surface area contributed by atoms with E-state index in [0.717, 1.165) is 4.90 Å². The second kappa shape index (κ2) is 7.18. The normalized spacial score (nSPS) is 19.4. The Morgan fingerprint density at radius 2 is 2.05 bits per heavy atom. The number of halogens is 1. The third-order valence-electron chi connectivity index (χ3n) is 3.51. The van der Waals surface area contributed by atoms with Crippen LogP contribution in [0.5, 0.6) is 0 Å². The van der Waals surface area contributed by atoms with Crippen LogP contribution in [0.3, 0.4) is 0 Å². The molecular weight excluding hydrogens is 310 g/mol. The van der Waals surface area contributed by atoms with Crippen molar-refractivity contribution in [3.8, 4) is 0 Å². The fourth-order valence-corrected chi connectivity index (χ4v) is 3.42. The first kappa shape index (κ1) is 16.2. The second-order valence-electron chi connectivity index (χ2n) is 5.01. The molecule has 1 saturated heterocycles. The van der Waals surface area contributed by atoms with Gasteiger partial charge < -0.3 is 9.64 Å². The summed E-state index contributed by atoms with van der Waals surface area (Å²) in [6.45, 7) is 2.95. The van der Waals surface area contributed by atoms with E-state index in [1.165, 1.54) is 18.9 Å². The highest BCUT2D eigenvalue weighted by Gasteiger charge is 2.33. The molecule has 1 amide bonds. The number of ether oxygens (including phenoxy) is 1. The molecule has 0 aliphatic carbocycles. The maximum atomic E-state index is 12.4. The number of rotatable bonds is 4. The van der Waals surface area contributed by atoms with Crippen molar-refractivity contribution in [2.45, 2.75) is 23.5 Å². The summed E-state index contributed by atoms with van der Waals surface area (Å²) in [4.78, 5) is 26.6. The van der Waals surface area contributed by atoms with Crippen molar-refractivity contribution >= 4 is 35.2 Å². The lowest BCUT2D eigenvalue weighted by Crippen LogP contribution is -2.35. The van der Waals surface area contributed by atoms with Gasteiger partial charge in [-0.05, 0) is 37.6 Å². The van der Waals surface area contributed by atoms with E-state index in [1.54, 1.807) is 4.90 Å². The molecule has 0 bridgehead atoms. The first-order chi connectivity index (χ1) is 10.0. The van der Waals surface area contributed by atoms with Gasteiger partial charge in [-0.15, -0.1) is 11.8 Å². The molecular formula is C15H18ClNO3S. The molecule has 1 aromatic rings. The Labute approximate surface area is 133 Å². The van der Waals surface area contributed by atoms with E-state index in [9.17, 15) is 9.59 Å². The van der Waals surface area contributed by atoms with Crippen molar-refractivity contribution in [2.24, 2.45) is 5.92 Å². The SMILES string of the molecule is COC(=O)C1CCN(C(=O)C(C)Sc2ccc(Cl)cc2)C1. The van der Waals surface area contributed by atoms with Crippen LogP contribution in [0.25, 0.3) is 0 Å². The largest absolute Gasteiger partial charge is 0.469 e. The van der Waals surface area contributed by atoms with Crippen LogP contribution >= 0.6 is 23.4 Å². The Balaban J connectivity index is 1.91. The first-order valence-electron chi connectivity index (χ1n) is 6.80. The lowest BCUT2D eigenvalue weighted by atomic mass is 10.1. The maximum absolute atomic E-state index is 12.4. The highest BCUT2D eigenvalue weighted by molar-refractivity contribution is 8.00. The van der Waals surface area contributed by atoms with E-state index in [-0.39, 0.29) is 23.0 Å². The summed E-state index contributed by atoms with van der Waals surface area (Å²) in [6.07, 6.45) is 0.677. The minimum Gasteiger partial charge on any atom is -0.469 e. The molecule has 2 rings (SSSR count). The van der Waals surface area contributed by atoms with E-state index in [2.05, 4.69) is 0 Å². The zero-order chi connectivity index (χ0) is 15.4. The molecule has 0 radical (unpaired) electrons. The summed E-state index contributed by atoms with van der Waals surface area (Å²) in [7, 11) is 1.38. The van der Waals surface area contributed by atoms with Gasteiger partial charge in [0.05, 0.1) is 18.3 Å². The Hall–Kier alpha value is -1.20. The monoisotopic (exact) mass is 327 g/mol. The van der Waals surface area contributed by atoms with Crippen LogP contribution < -0.4 is 0 Å². The minimum atomic E-state index is -0.233. The molecule has 6 heteroatoms. The van der Waals surface area contributed by atoms with Crippen molar-refractivity contribution in [3.05, 3.63) is 29.3 Å². The number of likely N-dealkylation sites (tertiary alicyclic amines) is 1. The third kappa shape index (κ3) is 4.14. The summed E-state index contributed by atoms with van der Waals surface area (Å²) >= 11 is 7.34. The van der Waals surface area contributed by atoms with Crippen LogP contribution in [0.4, 0.5) is 0 Å². The average molecular weight is 328 g/mol. The number of methoxy groups -OCH3 is 1. The second-order valence-corrected chi connectivity index (χ2v) is 6.86. The summed E-state index contributed by atoms with van der Waals surface area (Å²) in [5.41, 5.74) is 0. The maximum Gasteiger partial charge on any atom is 0.310 e. The van der Waals surface area contributed by atoms with Crippen LogP contribution in [0.15, 0.2) is 29.2 Å². The van der Waals surface area contributed by atoms with Gasteiger partial charge in [0, 0.05) is 23.0 Å². The first-order valence-corrected chi connectivity index (χ1v) is 8.06. The molecule has 0 aromatic heterocycles. The van der Waals surface area contributed by atoms with Crippen LogP contribution in [0, 0.1) is 5.92 Å². The Morgan fingerprint density at radius 3 is 2.67 bits per heavy atom. The van der Waals surface area contributed by atoms with Gasteiger partial charge in [0.1, 0.15) is 0 Å². The molecule has 4 nitrogen and oxygen atoms in total. The predicted molar refractivity (Wildman–Crippen MR) is 83.5 cm³/mol. The average Bonchev–Trinajstić information content (AvgIpc) is 2.97. The van der Waals surface area contributed by atoms with Gasteiger partial charge in [-0.3, -0.25) is 9.59 Å². The number of amides is 1. The highest BCUT2D eigenvalue weighted by Crippen LogP contribution is 2.27. The number of thioether (sulfide) groups is 1. The third-order valence-corrected chi connectivity index (χ3v) is 4.86. The molecule has 1 aliphatic rings. The van der Waals surface area contributed by atoms with Crippen LogP contribution in [-0.2, 0) is 14.3 Å². The highest BCUT2D eigenvalue weighted by atomic mass is 35.5. The van der Waals surface area contributed by atoms with E-state index in [4.69, 9.17) is 16.3 Å². The zero-order valence-corrected chi connectivity index (χ0v) is 13.6. The van der Waals surface area contributed by atoms with Gasteiger partial charge in [0.25, 0.3) is 0 Å². The van der Waals surface area contributed by atoms with E-state index >= 15 is 0 Å². The van der Waals surface area contributed by atoms with Crippen LogP contribution in [0.2, 0.25) is 5.02 Å². The quantitative estimate of drug-likeness (QED) is 0.630. The van der Waals surface area contributed by atoms with Crippen molar-refractivity contribution in [1.82, 2.24) is 4.90 Å². The minimum absolute atomic E-state index is 0.0568. The van der Waals surface area contributed by atoms with Crippen LogP contribution in [0.1, 0.15) is 13.3 Å². The summed E-state index contributed by atoms with van der Waals surface area (Å²) in [6, 6.07) is 7.42. The molecule has 2 unspecified atom stereocenters. The number of carbonyl (C=O) groups excluding carboxylic acids is 2. The molecule has 1 heterocycles. The van der Waals surface area contributed by atoms with Crippen molar-refractivity contribution in [3.63, 3.8) is 0 Å². The van der Waals surface area contributed by atoms with E-state index < -0.39 is 0 Å². The Bertz CT molecular complexity index is 520. The number of esters is 1. The summed E-state index contributed by atoms with van der Waals surface area (Å²) in [5.74, 6) is -0.364.